The van der Waals surface area contributed by atoms with Crippen molar-refractivity contribution >= 4 is 39.2 Å². The molecule has 1 aliphatic heterocycles. The summed E-state index contributed by atoms with van der Waals surface area (Å²) in [6, 6.07) is 3.68. The van der Waals surface area contributed by atoms with Crippen LogP contribution in [0.5, 0.6) is 0 Å². The number of nitrogens with zero attached hydrogens (tertiary/aromatic N) is 2. The molecule has 1 aromatic heterocycles. The molecule has 0 saturated carbocycles. The van der Waals surface area contributed by atoms with E-state index in [1.807, 2.05) is 24.0 Å². The first kappa shape index (κ1) is 15.3. The van der Waals surface area contributed by atoms with Crippen molar-refractivity contribution in [3.05, 3.63) is 20.8 Å². The van der Waals surface area contributed by atoms with Gasteiger partial charge in [0, 0.05) is 32.7 Å². The largest absolute Gasteiger partial charge is 0.338 e. The van der Waals surface area contributed by atoms with Gasteiger partial charge in [0.1, 0.15) is 0 Å². The second-order valence-corrected chi connectivity index (χ2v) is 7.08. The molecule has 110 valence electrons. The SMILES string of the molecule is CCCNC(=O)N1CCN(C(=O)c2ccc(Br)s2)CC1. The molecule has 1 fully saturated rings. The first-order chi connectivity index (χ1) is 9.61. The van der Waals surface area contributed by atoms with Crippen molar-refractivity contribution in [1.82, 2.24) is 15.1 Å². The van der Waals surface area contributed by atoms with E-state index in [2.05, 4.69) is 21.2 Å². The maximum absolute atomic E-state index is 12.3. The van der Waals surface area contributed by atoms with Crippen LogP contribution in [0.1, 0.15) is 23.0 Å². The van der Waals surface area contributed by atoms with E-state index in [-0.39, 0.29) is 11.9 Å². The number of nitrogens with one attached hydrogen (secondary N) is 1. The van der Waals surface area contributed by atoms with Gasteiger partial charge in [-0.1, -0.05) is 6.92 Å². The van der Waals surface area contributed by atoms with Crippen LogP contribution < -0.4 is 5.32 Å². The summed E-state index contributed by atoms with van der Waals surface area (Å²) in [6.45, 7) is 5.08. The summed E-state index contributed by atoms with van der Waals surface area (Å²) in [5.74, 6) is 0.0503. The number of urea groups is 1. The second-order valence-electron chi connectivity index (χ2n) is 4.61. The van der Waals surface area contributed by atoms with Crippen LogP contribution >= 0.6 is 27.3 Å². The summed E-state index contributed by atoms with van der Waals surface area (Å²) < 4.78 is 0.957. The zero-order valence-corrected chi connectivity index (χ0v) is 13.8. The molecule has 7 heteroatoms. The molecule has 0 aliphatic carbocycles. The van der Waals surface area contributed by atoms with Gasteiger partial charge in [0.25, 0.3) is 5.91 Å². The Balaban J connectivity index is 1.85. The third-order valence-electron chi connectivity index (χ3n) is 3.16. The fraction of sp³-hybridized carbons (Fsp3) is 0.538. The van der Waals surface area contributed by atoms with Gasteiger partial charge < -0.3 is 15.1 Å². The van der Waals surface area contributed by atoms with Gasteiger partial charge in [0.05, 0.1) is 8.66 Å². The lowest BCUT2D eigenvalue weighted by atomic mass is 10.3. The topological polar surface area (TPSA) is 52.7 Å². The summed E-state index contributed by atoms with van der Waals surface area (Å²) in [4.78, 5) is 28.4. The van der Waals surface area contributed by atoms with Crippen LogP contribution in [0.15, 0.2) is 15.9 Å². The Morgan fingerprint density at radius 1 is 1.25 bits per heavy atom. The molecule has 2 rings (SSSR count). The highest BCUT2D eigenvalue weighted by molar-refractivity contribution is 9.11. The predicted molar refractivity (Wildman–Crippen MR) is 83.2 cm³/mol. The van der Waals surface area contributed by atoms with E-state index in [1.54, 1.807) is 4.90 Å². The molecule has 1 saturated heterocycles. The highest BCUT2D eigenvalue weighted by Gasteiger charge is 2.25. The average Bonchev–Trinajstić information content (AvgIpc) is 2.90. The van der Waals surface area contributed by atoms with Crippen LogP contribution in [-0.4, -0.2) is 54.5 Å². The molecule has 5 nitrogen and oxygen atoms in total. The Kier molecular flexibility index (Phi) is 5.42. The minimum Gasteiger partial charge on any atom is -0.338 e. The predicted octanol–water partition coefficient (Wildman–Crippen LogP) is 2.39. The number of carbonyl (C=O) groups excluding carboxylic acids is 2. The molecule has 0 unspecified atom stereocenters. The summed E-state index contributed by atoms with van der Waals surface area (Å²) in [6.07, 6.45) is 0.928. The second kappa shape index (κ2) is 7.08. The van der Waals surface area contributed by atoms with Gasteiger partial charge in [0.2, 0.25) is 0 Å². The van der Waals surface area contributed by atoms with Gasteiger partial charge in [-0.05, 0) is 34.5 Å². The fourth-order valence-corrected chi connectivity index (χ4v) is 3.40. The van der Waals surface area contributed by atoms with Crippen LogP contribution in [-0.2, 0) is 0 Å². The number of hydrogen-bond acceptors (Lipinski definition) is 3. The normalized spacial score (nSPS) is 15.3. The molecule has 0 atom stereocenters. The number of amides is 3. The summed E-state index contributed by atoms with van der Waals surface area (Å²) >= 11 is 4.80. The zero-order valence-electron chi connectivity index (χ0n) is 11.4. The molecule has 0 spiro atoms. The number of halogens is 1. The Hall–Kier alpha value is -1.08. The molecule has 1 N–H and O–H groups in total. The minimum absolute atomic E-state index is 0.0298. The van der Waals surface area contributed by atoms with Crippen LogP contribution in [0.3, 0.4) is 0 Å². The van der Waals surface area contributed by atoms with Crippen LogP contribution in [0.25, 0.3) is 0 Å². The molecule has 1 aliphatic rings. The number of carbonyl (C=O) groups is 2. The van der Waals surface area contributed by atoms with E-state index in [0.717, 1.165) is 15.1 Å². The first-order valence-electron chi connectivity index (χ1n) is 6.69. The Morgan fingerprint density at radius 3 is 2.45 bits per heavy atom. The minimum atomic E-state index is -0.0298. The summed E-state index contributed by atoms with van der Waals surface area (Å²) in [5, 5.41) is 2.86. The summed E-state index contributed by atoms with van der Waals surface area (Å²) in [5.41, 5.74) is 0. The molecule has 0 aromatic carbocycles. The van der Waals surface area contributed by atoms with Gasteiger partial charge >= 0.3 is 6.03 Å². The van der Waals surface area contributed by atoms with Gasteiger partial charge in [-0.2, -0.15) is 0 Å². The van der Waals surface area contributed by atoms with E-state index in [0.29, 0.717) is 32.7 Å². The first-order valence-corrected chi connectivity index (χ1v) is 8.30. The highest BCUT2D eigenvalue weighted by atomic mass is 79.9. The van der Waals surface area contributed by atoms with Crippen LogP contribution in [0.4, 0.5) is 4.79 Å². The molecule has 0 bridgehead atoms. The van der Waals surface area contributed by atoms with Gasteiger partial charge in [0.15, 0.2) is 0 Å². The van der Waals surface area contributed by atoms with E-state index in [4.69, 9.17) is 0 Å². The lowest BCUT2D eigenvalue weighted by molar-refractivity contribution is 0.0670. The van der Waals surface area contributed by atoms with Crippen molar-refractivity contribution < 1.29 is 9.59 Å². The Labute approximate surface area is 131 Å². The van der Waals surface area contributed by atoms with Crippen molar-refractivity contribution in [2.24, 2.45) is 0 Å². The molecule has 0 radical (unpaired) electrons. The zero-order chi connectivity index (χ0) is 14.5. The monoisotopic (exact) mass is 359 g/mol. The lowest BCUT2D eigenvalue weighted by Crippen LogP contribution is -2.53. The van der Waals surface area contributed by atoms with Crippen molar-refractivity contribution in [1.29, 1.82) is 0 Å². The third kappa shape index (κ3) is 3.73. The number of rotatable bonds is 3. The van der Waals surface area contributed by atoms with Crippen molar-refractivity contribution in [3.63, 3.8) is 0 Å². The average molecular weight is 360 g/mol. The Bertz CT molecular complexity index is 484. The van der Waals surface area contributed by atoms with Crippen LogP contribution in [0.2, 0.25) is 0 Å². The molecular formula is C13H18BrN3O2S. The summed E-state index contributed by atoms with van der Waals surface area (Å²) in [7, 11) is 0. The molecular weight excluding hydrogens is 342 g/mol. The molecule has 3 amide bonds. The molecule has 1 aromatic rings. The van der Waals surface area contributed by atoms with Gasteiger partial charge in [-0.15, -0.1) is 11.3 Å². The van der Waals surface area contributed by atoms with Gasteiger partial charge in [-0.25, -0.2) is 4.79 Å². The standard InChI is InChI=1S/C13H18BrN3O2S/c1-2-5-15-13(19)17-8-6-16(7-9-17)12(18)10-3-4-11(14)20-10/h3-4H,2,5-9H2,1H3,(H,15,19). The van der Waals surface area contributed by atoms with E-state index in [1.165, 1.54) is 11.3 Å². The lowest BCUT2D eigenvalue weighted by Gasteiger charge is -2.34. The maximum Gasteiger partial charge on any atom is 0.317 e. The van der Waals surface area contributed by atoms with E-state index < -0.39 is 0 Å². The van der Waals surface area contributed by atoms with E-state index in [9.17, 15) is 9.59 Å². The number of piperazine rings is 1. The third-order valence-corrected chi connectivity index (χ3v) is 4.78. The fourth-order valence-electron chi connectivity index (χ4n) is 2.04. The van der Waals surface area contributed by atoms with Crippen LogP contribution in [0, 0.1) is 0 Å². The molecule has 20 heavy (non-hydrogen) atoms. The smallest absolute Gasteiger partial charge is 0.317 e. The van der Waals surface area contributed by atoms with E-state index >= 15 is 0 Å². The van der Waals surface area contributed by atoms with Crippen molar-refractivity contribution in [3.8, 4) is 0 Å². The Morgan fingerprint density at radius 2 is 1.90 bits per heavy atom. The van der Waals surface area contributed by atoms with Crippen molar-refractivity contribution in [2.45, 2.75) is 13.3 Å². The highest BCUT2D eigenvalue weighted by Crippen LogP contribution is 2.23. The number of thiophene rings is 1. The quantitative estimate of drug-likeness (QED) is 0.900. The van der Waals surface area contributed by atoms with Gasteiger partial charge in [-0.3, -0.25) is 4.79 Å². The maximum atomic E-state index is 12.3. The molecule has 2 heterocycles. The van der Waals surface area contributed by atoms with Crippen molar-refractivity contribution in [2.75, 3.05) is 32.7 Å². The number of hydrogen-bond donors (Lipinski definition) is 1.